The van der Waals surface area contributed by atoms with Crippen LogP contribution in [0.5, 0.6) is 0 Å². The molecule has 1 aliphatic rings. The first-order chi connectivity index (χ1) is 7.55. The number of hydrogen-bond donors (Lipinski definition) is 1. The Morgan fingerprint density at radius 2 is 1.83 bits per heavy atom. The minimum atomic E-state index is -0.0365. The summed E-state index contributed by atoms with van der Waals surface area (Å²) in [5.74, 6) is 1.52. The predicted octanol–water partition coefficient (Wildman–Crippen LogP) is 1.62. The first-order valence-corrected chi connectivity index (χ1v) is 5.82. The van der Waals surface area contributed by atoms with Crippen LogP contribution in [-0.2, 0) is 12.0 Å². The third-order valence-electron chi connectivity index (χ3n) is 2.71. The van der Waals surface area contributed by atoms with Crippen molar-refractivity contribution in [2.45, 2.75) is 32.7 Å². The van der Waals surface area contributed by atoms with Gasteiger partial charge in [0.2, 0.25) is 5.89 Å². The molecule has 0 atom stereocenters. The Kier molecular flexibility index (Phi) is 7.14. The van der Waals surface area contributed by atoms with E-state index in [0.717, 1.165) is 44.4 Å². The number of nitrogens with zero attached hydrogens (tertiary/aromatic N) is 3. The maximum absolute atomic E-state index is 5.27. The summed E-state index contributed by atoms with van der Waals surface area (Å²) in [6, 6.07) is 0. The third kappa shape index (κ3) is 4.72. The Morgan fingerprint density at radius 3 is 2.33 bits per heavy atom. The fourth-order valence-corrected chi connectivity index (χ4v) is 1.68. The summed E-state index contributed by atoms with van der Waals surface area (Å²) in [7, 11) is 0. The molecule has 2 heterocycles. The molecule has 1 fully saturated rings. The molecule has 1 aromatic heterocycles. The minimum absolute atomic E-state index is 0. The second kappa shape index (κ2) is 7.28. The molecule has 2 rings (SSSR count). The average molecular weight is 297 g/mol. The molecule has 0 bridgehead atoms. The summed E-state index contributed by atoms with van der Waals surface area (Å²) >= 11 is 0. The molecule has 106 valence electrons. The first kappa shape index (κ1) is 17.6. The average Bonchev–Trinajstić information content (AvgIpc) is 2.67. The molecular weight excluding hydrogens is 275 g/mol. The molecule has 5 nitrogen and oxygen atoms in total. The van der Waals surface area contributed by atoms with Crippen LogP contribution in [0.25, 0.3) is 0 Å². The van der Waals surface area contributed by atoms with Crippen LogP contribution in [0.4, 0.5) is 0 Å². The fraction of sp³-hybridized carbons (Fsp3) is 0.818. The van der Waals surface area contributed by atoms with Crippen LogP contribution in [0, 0.1) is 0 Å². The molecule has 0 radical (unpaired) electrons. The van der Waals surface area contributed by atoms with Crippen LogP contribution < -0.4 is 5.32 Å². The van der Waals surface area contributed by atoms with Gasteiger partial charge < -0.3 is 9.84 Å². The van der Waals surface area contributed by atoms with E-state index in [1.807, 2.05) is 0 Å². The van der Waals surface area contributed by atoms with E-state index in [2.05, 4.69) is 41.1 Å². The second-order valence-electron chi connectivity index (χ2n) is 5.29. The maximum Gasteiger partial charge on any atom is 0.240 e. The van der Waals surface area contributed by atoms with Crippen LogP contribution in [0.15, 0.2) is 4.52 Å². The zero-order chi connectivity index (χ0) is 11.6. The Labute approximate surface area is 121 Å². The van der Waals surface area contributed by atoms with Crippen LogP contribution in [0.1, 0.15) is 32.5 Å². The smallest absolute Gasteiger partial charge is 0.240 e. The molecule has 1 aromatic rings. The number of nitrogens with one attached hydrogen (secondary N) is 1. The highest BCUT2D eigenvalue weighted by Gasteiger charge is 2.22. The zero-order valence-electron chi connectivity index (χ0n) is 11.1. The minimum Gasteiger partial charge on any atom is -0.338 e. The van der Waals surface area contributed by atoms with Gasteiger partial charge in [-0.05, 0) is 0 Å². The van der Waals surface area contributed by atoms with Gasteiger partial charge in [0.25, 0.3) is 0 Å². The molecule has 1 N–H and O–H groups in total. The van der Waals surface area contributed by atoms with E-state index < -0.39 is 0 Å². The lowest BCUT2D eigenvalue weighted by Crippen LogP contribution is -2.42. The van der Waals surface area contributed by atoms with E-state index in [4.69, 9.17) is 4.52 Å². The Hall–Kier alpha value is -0.360. The Bertz CT molecular complexity index is 345. The van der Waals surface area contributed by atoms with Crippen molar-refractivity contribution >= 4 is 24.8 Å². The number of halogens is 2. The molecule has 0 amide bonds. The Morgan fingerprint density at radius 1 is 1.22 bits per heavy atom. The predicted molar refractivity (Wildman–Crippen MR) is 75.6 cm³/mol. The van der Waals surface area contributed by atoms with Crippen LogP contribution in [0.3, 0.4) is 0 Å². The van der Waals surface area contributed by atoms with Crippen molar-refractivity contribution in [3.8, 4) is 0 Å². The molecule has 0 aliphatic carbocycles. The van der Waals surface area contributed by atoms with Crippen molar-refractivity contribution in [2.24, 2.45) is 0 Å². The molecule has 1 aliphatic heterocycles. The van der Waals surface area contributed by atoms with E-state index in [0.29, 0.717) is 0 Å². The van der Waals surface area contributed by atoms with Crippen molar-refractivity contribution < 1.29 is 4.52 Å². The third-order valence-corrected chi connectivity index (χ3v) is 2.71. The van der Waals surface area contributed by atoms with Crippen molar-refractivity contribution in [1.29, 1.82) is 0 Å². The van der Waals surface area contributed by atoms with Gasteiger partial charge in [0.05, 0.1) is 6.54 Å². The summed E-state index contributed by atoms with van der Waals surface area (Å²) in [5, 5.41) is 7.35. The lowest BCUT2D eigenvalue weighted by atomic mass is 9.96. The van der Waals surface area contributed by atoms with Gasteiger partial charge in [0.15, 0.2) is 5.82 Å². The van der Waals surface area contributed by atoms with Crippen LogP contribution >= 0.6 is 24.8 Å². The zero-order valence-corrected chi connectivity index (χ0v) is 12.7. The highest BCUT2D eigenvalue weighted by molar-refractivity contribution is 5.85. The highest BCUT2D eigenvalue weighted by Crippen LogP contribution is 2.18. The number of aromatic nitrogens is 2. The van der Waals surface area contributed by atoms with Crippen molar-refractivity contribution in [3.63, 3.8) is 0 Å². The standard InChI is InChI=1S/C11H20N4O.2ClH/c1-11(2,3)10-13-9(16-14-10)8-15-6-4-12-5-7-15;;/h12H,4-8H2,1-3H3;2*1H. The molecule has 0 unspecified atom stereocenters. The summed E-state index contributed by atoms with van der Waals surface area (Å²) in [6.07, 6.45) is 0. The molecule has 0 saturated carbocycles. The van der Waals surface area contributed by atoms with Gasteiger partial charge in [-0.2, -0.15) is 4.98 Å². The molecule has 18 heavy (non-hydrogen) atoms. The van der Waals surface area contributed by atoms with E-state index in [-0.39, 0.29) is 30.2 Å². The summed E-state index contributed by atoms with van der Waals surface area (Å²) in [5.41, 5.74) is -0.0365. The lowest BCUT2D eigenvalue weighted by Gasteiger charge is -2.25. The van der Waals surface area contributed by atoms with E-state index in [1.165, 1.54) is 0 Å². The van der Waals surface area contributed by atoms with Gasteiger partial charge in [0.1, 0.15) is 0 Å². The van der Waals surface area contributed by atoms with Gasteiger partial charge in [0, 0.05) is 31.6 Å². The highest BCUT2D eigenvalue weighted by atomic mass is 35.5. The quantitative estimate of drug-likeness (QED) is 0.899. The van der Waals surface area contributed by atoms with Gasteiger partial charge >= 0.3 is 0 Å². The van der Waals surface area contributed by atoms with Gasteiger partial charge in [-0.1, -0.05) is 25.9 Å². The van der Waals surface area contributed by atoms with Gasteiger partial charge in [-0.3, -0.25) is 4.90 Å². The normalized spacial score (nSPS) is 16.8. The molecule has 0 spiro atoms. The van der Waals surface area contributed by atoms with Gasteiger partial charge in [-0.25, -0.2) is 0 Å². The number of hydrogen-bond acceptors (Lipinski definition) is 5. The SMILES string of the molecule is CC(C)(C)c1noc(CN2CCNCC2)n1.Cl.Cl. The summed E-state index contributed by atoms with van der Waals surface area (Å²) < 4.78 is 5.27. The molecule has 1 saturated heterocycles. The monoisotopic (exact) mass is 296 g/mol. The maximum atomic E-state index is 5.27. The van der Waals surface area contributed by atoms with Crippen LogP contribution in [-0.4, -0.2) is 41.2 Å². The van der Waals surface area contributed by atoms with Crippen molar-refractivity contribution in [1.82, 2.24) is 20.4 Å². The molecular formula is C11H22Cl2N4O. The van der Waals surface area contributed by atoms with Gasteiger partial charge in [-0.15, -0.1) is 24.8 Å². The molecule has 7 heteroatoms. The fourth-order valence-electron chi connectivity index (χ4n) is 1.68. The van der Waals surface area contributed by atoms with Crippen molar-refractivity contribution in [2.75, 3.05) is 26.2 Å². The van der Waals surface area contributed by atoms with Crippen LogP contribution in [0.2, 0.25) is 0 Å². The summed E-state index contributed by atoms with van der Waals surface area (Å²) in [6.45, 7) is 11.2. The largest absolute Gasteiger partial charge is 0.338 e. The first-order valence-electron chi connectivity index (χ1n) is 5.82. The Balaban J connectivity index is 0.00000144. The van der Waals surface area contributed by atoms with Crippen molar-refractivity contribution in [3.05, 3.63) is 11.7 Å². The van der Waals surface area contributed by atoms with E-state index in [1.54, 1.807) is 0 Å². The lowest BCUT2D eigenvalue weighted by molar-refractivity contribution is 0.203. The van der Waals surface area contributed by atoms with E-state index in [9.17, 15) is 0 Å². The number of rotatable bonds is 2. The molecule has 0 aromatic carbocycles. The second-order valence-corrected chi connectivity index (χ2v) is 5.29. The number of piperazine rings is 1. The summed E-state index contributed by atoms with van der Waals surface area (Å²) in [4.78, 5) is 6.77. The topological polar surface area (TPSA) is 54.2 Å². The van der Waals surface area contributed by atoms with E-state index >= 15 is 0 Å².